The van der Waals surface area contributed by atoms with Gasteiger partial charge in [-0.25, -0.2) is 19.7 Å². The van der Waals surface area contributed by atoms with E-state index in [4.69, 9.17) is 0 Å². The topological polar surface area (TPSA) is 121 Å². The Labute approximate surface area is 225 Å². The lowest BCUT2D eigenvalue weighted by molar-refractivity contribution is -0.137. The highest BCUT2D eigenvalue weighted by Gasteiger charge is 2.35. The second-order valence-electron chi connectivity index (χ2n) is 8.98. The van der Waals surface area contributed by atoms with Crippen molar-refractivity contribution in [2.75, 3.05) is 22.6 Å². The number of urea groups is 1. The van der Waals surface area contributed by atoms with E-state index in [0.29, 0.717) is 33.9 Å². The van der Waals surface area contributed by atoms with Crippen LogP contribution in [0.25, 0.3) is 16.7 Å². The average molecular weight is 549 g/mol. The number of nitrogens with zero attached hydrogens (tertiary/aromatic N) is 5. The molecule has 0 radical (unpaired) electrons. The van der Waals surface area contributed by atoms with Gasteiger partial charge in [0.15, 0.2) is 0 Å². The molecule has 0 aliphatic carbocycles. The number of carbonyl (C=O) groups is 2. The van der Waals surface area contributed by atoms with Crippen LogP contribution in [0.5, 0.6) is 0 Å². The smallest absolute Gasteiger partial charge is 0.346 e. The van der Waals surface area contributed by atoms with Gasteiger partial charge in [-0.1, -0.05) is 6.07 Å². The van der Waals surface area contributed by atoms with Gasteiger partial charge in [0.25, 0.3) is 5.91 Å². The minimum absolute atomic E-state index is 0.135. The number of aromatic amines is 1. The number of nitrogens with one attached hydrogen (secondary N) is 3. The second-order valence-corrected chi connectivity index (χ2v) is 8.98. The van der Waals surface area contributed by atoms with Gasteiger partial charge in [0.1, 0.15) is 23.6 Å². The standard InChI is InChI=1S/C27H23F3N8O2/c1-15-4-6-18(13-21(15)36-26(40)37(3)24-19-8-9-32-23(19)33-14-34-24)35-25(39)17-5-7-22(20(12-17)27(28,29)30)38-11-10-31-16(38)2/h4-14H,1-3H3,(H,35,39)(H,36,40)(H,32,33,34). The van der Waals surface area contributed by atoms with Crippen molar-refractivity contribution in [2.45, 2.75) is 20.0 Å². The fourth-order valence-electron chi connectivity index (χ4n) is 4.21. The molecule has 3 amide bonds. The highest BCUT2D eigenvalue weighted by atomic mass is 19.4. The number of halogens is 3. The third-order valence-electron chi connectivity index (χ3n) is 6.34. The number of hydrogen-bond donors (Lipinski definition) is 3. The maximum absolute atomic E-state index is 13.9. The van der Waals surface area contributed by atoms with Gasteiger partial charge in [-0.3, -0.25) is 9.69 Å². The van der Waals surface area contributed by atoms with E-state index in [1.54, 1.807) is 45.3 Å². The first-order valence-electron chi connectivity index (χ1n) is 12.0. The summed E-state index contributed by atoms with van der Waals surface area (Å²) in [5.41, 5.74) is 0.675. The van der Waals surface area contributed by atoms with Crippen molar-refractivity contribution in [1.82, 2.24) is 24.5 Å². The summed E-state index contributed by atoms with van der Waals surface area (Å²) in [4.78, 5) is 42.5. The number of aryl methyl sites for hydroxylation is 2. The summed E-state index contributed by atoms with van der Waals surface area (Å²) < 4.78 is 43.0. The Morgan fingerprint density at radius 1 is 1.00 bits per heavy atom. The van der Waals surface area contributed by atoms with Gasteiger partial charge >= 0.3 is 12.2 Å². The molecule has 0 aliphatic heterocycles. The predicted octanol–water partition coefficient (Wildman–Crippen LogP) is 5.70. The molecule has 2 aromatic carbocycles. The molecule has 40 heavy (non-hydrogen) atoms. The average Bonchev–Trinajstić information content (AvgIpc) is 3.58. The molecular weight excluding hydrogens is 525 g/mol. The van der Waals surface area contributed by atoms with Gasteiger partial charge in [-0.2, -0.15) is 13.2 Å². The third kappa shape index (κ3) is 5.08. The van der Waals surface area contributed by atoms with Gasteiger partial charge in [-0.15, -0.1) is 0 Å². The molecule has 0 spiro atoms. The van der Waals surface area contributed by atoms with Crippen LogP contribution in [-0.4, -0.2) is 43.5 Å². The van der Waals surface area contributed by atoms with Crippen molar-refractivity contribution in [3.8, 4) is 5.69 Å². The molecule has 0 saturated carbocycles. The molecule has 13 heteroatoms. The Bertz CT molecular complexity index is 1740. The molecule has 3 N–H and O–H groups in total. The van der Waals surface area contributed by atoms with Crippen molar-refractivity contribution >= 4 is 40.2 Å². The number of benzene rings is 2. The molecule has 0 atom stereocenters. The monoisotopic (exact) mass is 548 g/mol. The summed E-state index contributed by atoms with van der Waals surface area (Å²) in [7, 11) is 1.55. The van der Waals surface area contributed by atoms with Crippen molar-refractivity contribution < 1.29 is 22.8 Å². The van der Waals surface area contributed by atoms with Gasteiger partial charge < -0.3 is 20.2 Å². The fourth-order valence-corrected chi connectivity index (χ4v) is 4.21. The third-order valence-corrected chi connectivity index (χ3v) is 6.34. The zero-order chi connectivity index (χ0) is 28.6. The van der Waals surface area contributed by atoms with E-state index in [0.717, 1.165) is 6.07 Å². The van der Waals surface area contributed by atoms with Gasteiger partial charge in [0, 0.05) is 42.6 Å². The van der Waals surface area contributed by atoms with Crippen molar-refractivity contribution in [2.24, 2.45) is 0 Å². The fraction of sp³-hybridized carbons (Fsp3) is 0.148. The van der Waals surface area contributed by atoms with Crippen LogP contribution in [0.15, 0.2) is 67.4 Å². The first kappa shape index (κ1) is 26.4. The van der Waals surface area contributed by atoms with Crippen LogP contribution in [-0.2, 0) is 6.18 Å². The molecule has 0 saturated heterocycles. The van der Waals surface area contributed by atoms with Crippen LogP contribution >= 0.6 is 0 Å². The van der Waals surface area contributed by atoms with Gasteiger partial charge in [0.2, 0.25) is 0 Å². The number of carbonyl (C=O) groups excluding carboxylic acids is 2. The molecule has 3 heterocycles. The van der Waals surface area contributed by atoms with Gasteiger partial charge in [-0.05, 0) is 55.8 Å². The van der Waals surface area contributed by atoms with E-state index < -0.39 is 23.7 Å². The van der Waals surface area contributed by atoms with E-state index in [9.17, 15) is 22.8 Å². The van der Waals surface area contributed by atoms with E-state index in [2.05, 4.69) is 30.6 Å². The number of rotatable bonds is 5. The van der Waals surface area contributed by atoms with E-state index in [-0.39, 0.29) is 16.9 Å². The summed E-state index contributed by atoms with van der Waals surface area (Å²) in [6.07, 6.45) is 1.15. The van der Waals surface area contributed by atoms with Crippen molar-refractivity contribution in [3.63, 3.8) is 0 Å². The lowest BCUT2D eigenvalue weighted by atomic mass is 10.1. The summed E-state index contributed by atoms with van der Waals surface area (Å²) in [5, 5.41) is 6.05. The van der Waals surface area contributed by atoms with E-state index in [1.807, 2.05) is 0 Å². The molecule has 5 rings (SSSR count). The quantitative estimate of drug-likeness (QED) is 0.260. The first-order valence-corrected chi connectivity index (χ1v) is 12.0. The summed E-state index contributed by atoms with van der Waals surface area (Å²) in [5.74, 6) is 0.0222. The number of anilines is 3. The van der Waals surface area contributed by atoms with E-state index >= 15 is 0 Å². The largest absolute Gasteiger partial charge is 0.418 e. The molecule has 0 unspecified atom stereocenters. The van der Waals surface area contributed by atoms with Crippen LogP contribution in [0.3, 0.4) is 0 Å². The Balaban J connectivity index is 1.36. The van der Waals surface area contributed by atoms with Crippen LogP contribution in [0.2, 0.25) is 0 Å². The molecule has 0 aliphatic rings. The molecule has 204 valence electrons. The Kier molecular flexibility index (Phi) is 6.71. The Morgan fingerprint density at radius 3 is 2.52 bits per heavy atom. The lowest BCUT2D eigenvalue weighted by Gasteiger charge is -2.19. The SMILES string of the molecule is Cc1ccc(NC(=O)c2ccc(-n3ccnc3C)c(C(F)(F)F)c2)cc1NC(=O)N(C)c1ncnc2[nH]ccc12. The highest BCUT2D eigenvalue weighted by Crippen LogP contribution is 2.35. The molecule has 5 aromatic rings. The minimum Gasteiger partial charge on any atom is -0.346 e. The summed E-state index contributed by atoms with van der Waals surface area (Å²) in [6, 6.07) is 9.40. The van der Waals surface area contributed by atoms with Crippen molar-refractivity contribution in [1.29, 1.82) is 0 Å². The van der Waals surface area contributed by atoms with Crippen LogP contribution in [0.1, 0.15) is 27.3 Å². The highest BCUT2D eigenvalue weighted by molar-refractivity contribution is 6.07. The first-order chi connectivity index (χ1) is 19.0. The second kappa shape index (κ2) is 10.2. The summed E-state index contributed by atoms with van der Waals surface area (Å²) >= 11 is 0. The number of H-pyrrole nitrogens is 1. The zero-order valence-electron chi connectivity index (χ0n) is 21.5. The molecule has 0 fully saturated rings. The number of alkyl halides is 3. The minimum atomic E-state index is -4.70. The maximum atomic E-state index is 13.9. The zero-order valence-corrected chi connectivity index (χ0v) is 21.5. The molecule has 0 bridgehead atoms. The predicted molar refractivity (Wildman–Crippen MR) is 144 cm³/mol. The summed E-state index contributed by atoms with van der Waals surface area (Å²) in [6.45, 7) is 3.35. The number of amides is 3. The van der Waals surface area contributed by atoms with Crippen LogP contribution < -0.4 is 15.5 Å². The normalized spacial score (nSPS) is 11.4. The molecular formula is C27H23F3N8O2. The number of fused-ring (bicyclic) bond motifs is 1. The number of imidazole rings is 1. The number of hydrogen-bond acceptors (Lipinski definition) is 5. The van der Waals surface area contributed by atoms with Crippen molar-refractivity contribution in [3.05, 3.63) is 89.9 Å². The van der Waals surface area contributed by atoms with Gasteiger partial charge in [0.05, 0.1) is 16.6 Å². The number of aromatic nitrogens is 5. The maximum Gasteiger partial charge on any atom is 0.418 e. The Morgan fingerprint density at radius 2 is 1.80 bits per heavy atom. The molecule has 10 nitrogen and oxygen atoms in total. The lowest BCUT2D eigenvalue weighted by Crippen LogP contribution is -2.32. The Hall–Kier alpha value is -5.20. The molecule has 3 aromatic heterocycles. The van der Waals surface area contributed by atoms with E-state index in [1.165, 1.54) is 46.4 Å². The van der Waals surface area contributed by atoms with Crippen LogP contribution in [0, 0.1) is 13.8 Å². The van der Waals surface area contributed by atoms with Crippen LogP contribution in [0.4, 0.5) is 35.2 Å².